The van der Waals surface area contributed by atoms with Crippen LogP contribution in [0.3, 0.4) is 0 Å². The van der Waals surface area contributed by atoms with Crippen molar-refractivity contribution in [2.75, 3.05) is 33.3 Å². The van der Waals surface area contributed by atoms with Gasteiger partial charge in [-0.3, -0.25) is 19.3 Å². The Morgan fingerprint density at radius 2 is 1.77 bits per heavy atom. The van der Waals surface area contributed by atoms with E-state index in [-0.39, 0.29) is 32.7 Å². The summed E-state index contributed by atoms with van der Waals surface area (Å²) >= 11 is 0. The average Bonchev–Trinajstić information content (AvgIpc) is 3.42. The number of benzene rings is 1. The van der Waals surface area contributed by atoms with Crippen LogP contribution in [-0.4, -0.2) is 108 Å². The minimum Gasteiger partial charge on any atom is -0.444 e. The maximum absolute atomic E-state index is 13.9. The number of amides is 4. The number of carbonyl (C=O) groups is 4. The van der Waals surface area contributed by atoms with Crippen LogP contribution in [0.4, 0.5) is 18.0 Å². The van der Waals surface area contributed by atoms with Crippen molar-refractivity contribution in [1.29, 1.82) is 0 Å². The van der Waals surface area contributed by atoms with E-state index in [1.165, 1.54) is 25.8 Å². The quantitative estimate of drug-likeness (QED) is 0.358. The van der Waals surface area contributed by atoms with Crippen LogP contribution in [0.1, 0.15) is 53.0 Å². The van der Waals surface area contributed by atoms with Gasteiger partial charge in [0.15, 0.2) is 0 Å². The second-order valence-electron chi connectivity index (χ2n) is 11.8. The molecule has 1 fully saturated rings. The van der Waals surface area contributed by atoms with Crippen molar-refractivity contribution >= 4 is 23.8 Å². The molecule has 0 aromatic heterocycles. The molecule has 13 heteroatoms. The smallest absolute Gasteiger partial charge is 0.444 e. The van der Waals surface area contributed by atoms with E-state index in [1.807, 2.05) is 0 Å². The lowest BCUT2D eigenvalue weighted by Gasteiger charge is -2.35. The van der Waals surface area contributed by atoms with Crippen LogP contribution >= 0.6 is 0 Å². The van der Waals surface area contributed by atoms with Gasteiger partial charge in [0.25, 0.3) is 0 Å². The minimum absolute atomic E-state index is 0.162. The molecule has 1 aliphatic rings. The number of alkyl halides is 3. The van der Waals surface area contributed by atoms with E-state index in [0.717, 1.165) is 15.4 Å². The number of rotatable bonds is 12. The first-order chi connectivity index (χ1) is 20.5. The molecule has 44 heavy (non-hydrogen) atoms. The lowest BCUT2D eigenvalue weighted by Crippen LogP contribution is -2.59. The Bertz CT molecular complexity index is 1180. The zero-order chi connectivity index (χ0) is 33.2. The molecule has 1 saturated heterocycles. The number of hydrogen-bond donors (Lipinski definition) is 1. The fourth-order valence-electron chi connectivity index (χ4n) is 4.71. The second-order valence-corrected chi connectivity index (χ2v) is 11.8. The molecule has 0 unspecified atom stereocenters. The van der Waals surface area contributed by atoms with Crippen LogP contribution < -0.4 is 5.32 Å². The van der Waals surface area contributed by atoms with Crippen LogP contribution in [0.5, 0.6) is 0 Å². The second kappa shape index (κ2) is 15.8. The zero-order valence-corrected chi connectivity index (χ0v) is 26.1. The summed E-state index contributed by atoms with van der Waals surface area (Å²) in [7, 11) is 1.38. The third-order valence-electron chi connectivity index (χ3n) is 7.24. The maximum atomic E-state index is 13.9. The fraction of sp³-hybridized carbons (Fsp3) is 0.613. The Labute approximate surface area is 257 Å². The first kappa shape index (κ1) is 36.4. The summed E-state index contributed by atoms with van der Waals surface area (Å²) in [6.45, 7) is 7.54. The predicted octanol–water partition coefficient (Wildman–Crippen LogP) is 3.39. The van der Waals surface area contributed by atoms with Gasteiger partial charge in [-0.1, -0.05) is 36.3 Å². The molecule has 244 valence electrons. The molecule has 1 aromatic rings. The number of nitrogens with one attached hydrogen (secondary N) is 1. The summed E-state index contributed by atoms with van der Waals surface area (Å²) in [4.78, 5) is 55.2. The third kappa shape index (κ3) is 10.7. The Hall–Kier alpha value is -3.79. The van der Waals surface area contributed by atoms with E-state index in [0.29, 0.717) is 12.8 Å². The number of likely N-dealkylation sites (tertiary alicyclic amines) is 1. The van der Waals surface area contributed by atoms with Crippen LogP contribution in [0, 0.1) is 12.3 Å². The van der Waals surface area contributed by atoms with E-state index in [2.05, 4.69) is 11.2 Å². The van der Waals surface area contributed by atoms with E-state index < -0.39 is 59.8 Å². The van der Waals surface area contributed by atoms with Gasteiger partial charge in [-0.15, -0.1) is 6.42 Å². The molecule has 1 aliphatic heterocycles. The molecule has 0 saturated carbocycles. The fourth-order valence-corrected chi connectivity index (χ4v) is 4.71. The molecule has 10 nitrogen and oxygen atoms in total. The Morgan fingerprint density at radius 1 is 1.14 bits per heavy atom. The zero-order valence-electron chi connectivity index (χ0n) is 26.1. The van der Waals surface area contributed by atoms with Crippen LogP contribution in [0.15, 0.2) is 30.3 Å². The number of hydrogen-bond acceptors (Lipinski definition) is 6. The Kier molecular flexibility index (Phi) is 13.1. The number of terminal acetylenes is 1. The van der Waals surface area contributed by atoms with Crippen molar-refractivity contribution in [2.45, 2.75) is 89.9 Å². The highest BCUT2D eigenvalue weighted by Crippen LogP contribution is 2.24. The highest BCUT2D eigenvalue weighted by atomic mass is 19.4. The van der Waals surface area contributed by atoms with Gasteiger partial charge >= 0.3 is 18.2 Å². The van der Waals surface area contributed by atoms with E-state index in [9.17, 15) is 32.3 Å². The molecule has 4 atom stereocenters. The van der Waals surface area contributed by atoms with Crippen molar-refractivity contribution in [2.24, 2.45) is 0 Å². The summed E-state index contributed by atoms with van der Waals surface area (Å²) in [5.41, 5.74) is -0.0373. The molecule has 1 heterocycles. The first-order valence-corrected chi connectivity index (χ1v) is 14.5. The van der Waals surface area contributed by atoms with Gasteiger partial charge in [0.2, 0.25) is 11.8 Å². The monoisotopic (exact) mass is 624 g/mol. The van der Waals surface area contributed by atoms with Gasteiger partial charge in [-0.05, 0) is 59.4 Å². The molecule has 0 radical (unpaired) electrons. The van der Waals surface area contributed by atoms with Crippen molar-refractivity contribution in [1.82, 2.24) is 20.0 Å². The first-order valence-electron chi connectivity index (χ1n) is 14.5. The summed E-state index contributed by atoms with van der Waals surface area (Å²) in [6.07, 6.45) is -0.402. The van der Waals surface area contributed by atoms with Crippen LogP contribution in [-0.2, 0) is 30.3 Å². The molecule has 0 aliphatic carbocycles. The number of carbonyl (C=O) groups excluding carboxylic acids is 4. The number of likely N-dealkylation sites (N-methyl/N-ethyl adjacent to an activating group) is 1. The van der Waals surface area contributed by atoms with Crippen molar-refractivity contribution in [3.05, 3.63) is 35.9 Å². The molecule has 0 bridgehead atoms. The van der Waals surface area contributed by atoms with Gasteiger partial charge in [0, 0.05) is 32.7 Å². The van der Waals surface area contributed by atoms with Crippen molar-refractivity contribution < 1.29 is 41.8 Å². The van der Waals surface area contributed by atoms with Crippen LogP contribution in [0.2, 0.25) is 0 Å². The number of ether oxygens (including phenoxy) is 2. The number of halogens is 3. The van der Waals surface area contributed by atoms with Crippen molar-refractivity contribution in [3.8, 4) is 12.3 Å². The summed E-state index contributed by atoms with van der Waals surface area (Å²) in [6, 6.07) is 5.75. The van der Waals surface area contributed by atoms with Gasteiger partial charge in [-0.25, -0.2) is 4.79 Å². The normalized spacial score (nSPS) is 17.2. The molecular formula is C31H43F3N4O6. The summed E-state index contributed by atoms with van der Waals surface area (Å²) in [5.74, 6) is -0.960. The molecular weight excluding hydrogens is 581 g/mol. The highest BCUT2D eigenvalue weighted by molar-refractivity contribution is 5.91. The van der Waals surface area contributed by atoms with Crippen LogP contribution in [0.25, 0.3) is 0 Å². The summed E-state index contributed by atoms with van der Waals surface area (Å²) in [5, 5.41) is 2.63. The summed E-state index contributed by atoms with van der Waals surface area (Å²) < 4.78 is 51.5. The lowest BCUT2D eigenvalue weighted by molar-refractivity contribution is -0.186. The van der Waals surface area contributed by atoms with E-state index in [1.54, 1.807) is 51.1 Å². The molecule has 4 amide bonds. The van der Waals surface area contributed by atoms with Gasteiger partial charge in [0.1, 0.15) is 24.3 Å². The lowest BCUT2D eigenvalue weighted by atomic mass is 10.1. The maximum Gasteiger partial charge on any atom is 0.471 e. The average molecular weight is 625 g/mol. The highest BCUT2D eigenvalue weighted by Gasteiger charge is 2.45. The largest absolute Gasteiger partial charge is 0.471 e. The SMILES string of the molecule is C#CCO[C@H](C)[C@H](NC(=O)[C@H](C)N(C)C(=O)OC(C)(C)C)C(=O)N1CCC[C@H]1CN(CCc1ccccc1)C(=O)C(F)(F)F. The van der Waals surface area contributed by atoms with Gasteiger partial charge in [-0.2, -0.15) is 13.2 Å². The topological polar surface area (TPSA) is 108 Å². The van der Waals surface area contributed by atoms with Gasteiger partial charge < -0.3 is 24.6 Å². The van der Waals surface area contributed by atoms with E-state index in [4.69, 9.17) is 15.9 Å². The third-order valence-corrected chi connectivity index (χ3v) is 7.24. The van der Waals surface area contributed by atoms with E-state index >= 15 is 0 Å². The molecule has 2 rings (SSSR count). The molecule has 0 spiro atoms. The Balaban J connectivity index is 2.26. The number of nitrogens with zero attached hydrogens (tertiary/aromatic N) is 3. The van der Waals surface area contributed by atoms with Gasteiger partial charge in [0.05, 0.1) is 6.10 Å². The predicted molar refractivity (Wildman–Crippen MR) is 157 cm³/mol. The Morgan fingerprint density at radius 3 is 2.34 bits per heavy atom. The standard InChI is InChI=1S/C31H43F3N4O6/c1-8-19-43-22(3)25(35-26(39)21(2)36(7)29(42)44-30(4,5)6)27(40)38-17-12-15-24(38)20-37(28(41)31(32,33)34)18-16-23-13-10-9-11-14-23/h1,9-11,13-14,21-22,24-25H,12,15-20H2,2-7H3,(H,35,39)/t21-,22+,24-,25-/m0/s1. The molecule has 1 aromatic carbocycles. The minimum atomic E-state index is -5.09. The molecule has 1 N–H and O–H groups in total. The van der Waals surface area contributed by atoms with Crippen molar-refractivity contribution in [3.63, 3.8) is 0 Å².